The van der Waals surface area contributed by atoms with Crippen LogP contribution in [0.1, 0.15) is 11.3 Å². The number of halogens is 1. The lowest BCUT2D eigenvalue weighted by atomic mass is 10.4. The Morgan fingerprint density at radius 1 is 1.12 bits per heavy atom. The third-order valence-corrected chi connectivity index (χ3v) is 4.25. The van der Waals surface area contributed by atoms with Gasteiger partial charge in [0.15, 0.2) is 0 Å². The summed E-state index contributed by atoms with van der Waals surface area (Å²) in [6.45, 7) is 3.54. The maximum atomic E-state index is 12.8. The number of aryl methyl sites for hydroxylation is 2. The minimum atomic E-state index is -3.62. The normalized spacial score (nSPS) is 11.7. The maximum Gasteiger partial charge on any atom is 0.267 e. The van der Waals surface area contributed by atoms with E-state index in [1.807, 2.05) is 6.92 Å². The van der Waals surface area contributed by atoms with E-state index in [0.29, 0.717) is 5.69 Å². The molecule has 0 unspecified atom stereocenters. The molecule has 0 saturated carbocycles. The minimum Gasteiger partial charge on any atom is -0.246 e. The molecular formula is C12H12FNO2S. The van der Waals surface area contributed by atoms with Gasteiger partial charge < -0.3 is 0 Å². The molecule has 0 radical (unpaired) electrons. The molecule has 0 atom stereocenters. The van der Waals surface area contributed by atoms with Crippen molar-refractivity contribution in [2.75, 3.05) is 0 Å². The predicted molar refractivity (Wildman–Crippen MR) is 62.9 cm³/mol. The van der Waals surface area contributed by atoms with E-state index in [1.54, 1.807) is 19.2 Å². The number of hydrogen-bond donors (Lipinski definition) is 0. The van der Waals surface area contributed by atoms with Gasteiger partial charge in [0.2, 0.25) is 0 Å². The molecule has 0 saturated heterocycles. The molecule has 17 heavy (non-hydrogen) atoms. The van der Waals surface area contributed by atoms with Crippen LogP contribution in [0.3, 0.4) is 0 Å². The van der Waals surface area contributed by atoms with Crippen molar-refractivity contribution in [2.45, 2.75) is 18.7 Å². The van der Waals surface area contributed by atoms with Gasteiger partial charge in [0.25, 0.3) is 10.0 Å². The zero-order valence-electron chi connectivity index (χ0n) is 9.51. The lowest BCUT2D eigenvalue weighted by Gasteiger charge is -2.07. The Kier molecular flexibility index (Phi) is 2.79. The van der Waals surface area contributed by atoms with Crippen LogP contribution >= 0.6 is 0 Å². The van der Waals surface area contributed by atoms with Crippen molar-refractivity contribution in [1.29, 1.82) is 0 Å². The molecule has 2 rings (SSSR count). The first kappa shape index (κ1) is 11.9. The SMILES string of the molecule is Cc1cc(C)n(S(=O)(=O)c2ccc(F)cc2)c1. The summed E-state index contributed by atoms with van der Waals surface area (Å²) in [6, 6.07) is 6.58. The summed E-state index contributed by atoms with van der Waals surface area (Å²) in [6.07, 6.45) is 1.55. The average Bonchev–Trinajstić information content (AvgIpc) is 2.59. The number of aromatic nitrogens is 1. The Hall–Kier alpha value is -1.62. The molecule has 3 nitrogen and oxygen atoms in total. The van der Waals surface area contributed by atoms with E-state index >= 15 is 0 Å². The zero-order chi connectivity index (χ0) is 12.6. The lowest BCUT2D eigenvalue weighted by Crippen LogP contribution is -2.13. The van der Waals surface area contributed by atoms with Crippen molar-refractivity contribution in [1.82, 2.24) is 3.97 Å². The van der Waals surface area contributed by atoms with Gasteiger partial charge in [0.1, 0.15) is 5.82 Å². The van der Waals surface area contributed by atoms with Crippen molar-refractivity contribution in [3.05, 3.63) is 53.6 Å². The second-order valence-corrected chi connectivity index (χ2v) is 5.73. The van der Waals surface area contributed by atoms with Crippen molar-refractivity contribution in [3.63, 3.8) is 0 Å². The van der Waals surface area contributed by atoms with Gasteiger partial charge in [0.05, 0.1) is 4.90 Å². The average molecular weight is 253 g/mol. The van der Waals surface area contributed by atoms with Gasteiger partial charge in [-0.15, -0.1) is 0 Å². The van der Waals surface area contributed by atoms with Crippen LogP contribution in [0.25, 0.3) is 0 Å². The van der Waals surface area contributed by atoms with Crippen LogP contribution in [-0.2, 0) is 10.0 Å². The van der Waals surface area contributed by atoms with Crippen LogP contribution < -0.4 is 0 Å². The van der Waals surface area contributed by atoms with Crippen LogP contribution in [0.4, 0.5) is 4.39 Å². The van der Waals surface area contributed by atoms with E-state index in [-0.39, 0.29) is 4.90 Å². The molecule has 1 aromatic carbocycles. The molecule has 90 valence electrons. The molecule has 1 heterocycles. The van der Waals surface area contributed by atoms with Crippen LogP contribution in [0, 0.1) is 19.7 Å². The molecule has 1 aromatic heterocycles. The molecular weight excluding hydrogens is 241 g/mol. The van der Waals surface area contributed by atoms with Gasteiger partial charge in [-0.1, -0.05) is 0 Å². The van der Waals surface area contributed by atoms with E-state index < -0.39 is 15.8 Å². The molecule has 0 bridgehead atoms. The molecule has 0 aliphatic carbocycles. The summed E-state index contributed by atoms with van der Waals surface area (Å²) < 4.78 is 38.4. The van der Waals surface area contributed by atoms with Crippen molar-refractivity contribution in [3.8, 4) is 0 Å². The standard InChI is InChI=1S/C12H12FNO2S/c1-9-7-10(2)14(8-9)17(15,16)12-5-3-11(13)4-6-12/h3-8H,1-2H3. The third-order valence-electron chi connectivity index (χ3n) is 2.48. The van der Waals surface area contributed by atoms with Crippen LogP contribution in [-0.4, -0.2) is 12.4 Å². The van der Waals surface area contributed by atoms with Crippen LogP contribution in [0.2, 0.25) is 0 Å². The number of benzene rings is 1. The second kappa shape index (κ2) is 4.00. The van der Waals surface area contributed by atoms with Gasteiger partial charge in [-0.25, -0.2) is 16.8 Å². The van der Waals surface area contributed by atoms with Crippen LogP contribution in [0.5, 0.6) is 0 Å². The fourth-order valence-corrected chi connectivity index (χ4v) is 3.14. The first-order chi connectivity index (χ1) is 7.91. The highest BCUT2D eigenvalue weighted by Crippen LogP contribution is 2.18. The van der Waals surface area contributed by atoms with Gasteiger partial charge in [-0.05, 0) is 49.7 Å². The van der Waals surface area contributed by atoms with Crippen molar-refractivity contribution >= 4 is 10.0 Å². The van der Waals surface area contributed by atoms with Crippen molar-refractivity contribution in [2.24, 2.45) is 0 Å². The Balaban J connectivity index is 2.57. The highest BCUT2D eigenvalue weighted by molar-refractivity contribution is 7.90. The molecule has 0 N–H and O–H groups in total. The lowest BCUT2D eigenvalue weighted by molar-refractivity contribution is 0.585. The predicted octanol–water partition coefficient (Wildman–Crippen LogP) is 2.48. The van der Waals surface area contributed by atoms with Gasteiger partial charge in [-0.2, -0.15) is 0 Å². The summed E-state index contributed by atoms with van der Waals surface area (Å²) in [5.41, 5.74) is 1.50. The van der Waals surface area contributed by atoms with Crippen LogP contribution in [0.15, 0.2) is 41.4 Å². The summed E-state index contributed by atoms with van der Waals surface area (Å²) in [7, 11) is -3.62. The maximum absolute atomic E-state index is 12.8. The molecule has 0 aliphatic rings. The number of hydrogen-bond acceptors (Lipinski definition) is 2. The molecule has 5 heteroatoms. The van der Waals surface area contributed by atoms with Gasteiger partial charge in [-0.3, -0.25) is 0 Å². The number of nitrogens with zero attached hydrogens (tertiary/aromatic N) is 1. The number of rotatable bonds is 2. The molecule has 0 aliphatic heterocycles. The topological polar surface area (TPSA) is 39.1 Å². The Bertz CT molecular complexity index is 642. The largest absolute Gasteiger partial charge is 0.267 e. The quantitative estimate of drug-likeness (QED) is 0.824. The third kappa shape index (κ3) is 2.10. The first-order valence-electron chi connectivity index (χ1n) is 5.08. The van der Waals surface area contributed by atoms with E-state index in [9.17, 15) is 12.8 Å². The van der Waals surface area contributed by atoms with Crippen molar-refractivity contribution < 1.29 is 12.8 Å². The molecule has 2 aromatic rings. The monoisotopic (exact) mass is 253 g/mol. The first-order valence-corrected chi connectivity index (χ1v) is 6.52. The minimum absolute atomic E-state index is 0.0811. The van der Waals surface area contributed by atoms with E-state index in [1.165, 1.54) is 16.1 Å². The van der Waals surface area contributed by atoms with E-state index in [2.05, 4.69) is 0 Å². The summed E-state index contributed by atoms with van der Waals surface area (Å²) in [5.74, 6) is -0.454. The Labute approximate surface area is 99.6 Å². The molecule has 0 amide bonds. The van der Waals surface area contributed by atoms with Gasteiger partial charge >= 0.3 is 0 Å². The second-order valence-electron chi connectivity index (χ2n) is 3.91. The fourth-order valence-electron chi connectivity index (χ4n) is 1.70. The van der Waals surface area contributed by atoms with Gasteiger partial charge in [0, 0.05) is 11.9 Å². The fraction of sp³-hybridized carbons (Fsp3) is 0.167. The summed E-state index contributed by atoms with van der Waals surface area (Å²) in [5, 5.41) is 0. The van der Waals surface area contributed by atoms with E-state index in [4.69, 9.17) is 0 Å². The summed E-state index contributed by atoms with van der Waals surface area (Å²) >= 11 is 0. The molecule has 0 fully saturated rings. The molecule has 0 spiro atoms. The van der Waals surface area contributed by atoms with E-state index in [0.717, 1.165) is 17.7 Å². The Morgan fingerprint density at radius 2 is 1.71 bits per heavy atom. The highest BCUT2D eigenvalue weighted by Gasteiger charge is 2.18. The highest BCUT2D eigenvalue weighted by atomic mass is 32.2. The Morgan fingerprint density at radius 3 is 2.18 bits per heavy atom. The smallest absolute Gasteiger partial charge is 0.246 e. The zero-order valence-corrected chi connectivity index (χ0v) is 10.3. The summed E-state index contributed by atoms with van der Waals surface area (Å²) in [4.78, 5) is 0.0811.